The summed E-state index contributed by atoms with van der Waals surface area (Å²) in [5.41, 5.74) is 0.504. The van der Waals surface area contributed by atoms with E-state index in [1.54, 1.807) is 37.4 Å². The fraction of sp³-hybridized carbons (Fsp3) is 0.333. The minimum absolute atomic E-state index is 0.121. The van der Waals surface area contributed by atoms with E-state index in [9.17, 15) is 9.59 Å². The number of carbonyl (C=O) groups excluding carboxylic acids is 2. The van der Waals surface area contributed by atoms with Gasteiger partial charge in [-0.2, -0.15) is 0 Å². The zero-order valence-corrected chi connectivity index (χ0v) is 18.9. The highest BCUT2D eigenvalue weighted by molar-refractivity contribution is 7.10. The molecule has 1 saturated carbocycles. The summed E-state index contributed by atoms with van der Waals surface area (Å²) in [5, 5.41) is 5.05. The van der Waals surface area contributed by atoms with Crippen LogP contribution in [0.5, 0.6) is 11.5 Å². The van der Waals surface area contributed by atoms with Crippen LogP contribution in [0, 0.1) is 0 Å². The highest BCUT2D eigenvalue weighted by atomic mass is 32.1. The Morgan fingerprint density at radius 1 is 1.09 bits per heavy atom. The van der Waals surface area contributed by atoms with Crippen molar-refractivity contribution >= 4 is 28.8 Å². The predicted molar refractivity (Wildman–Crippen MR) is 123 cm³/mol. The molecule has 1 aliphatic rings. The van der Waals surface area contributed by atoms with Crippen LogP contribution in [0.4, 0.5) is 5.69 Å². The molecule has 0 saturated heterocycles. The van der Waals surface area contributed by atoms with Crippen molar-refractivity contribution in [2.75, 3.05) is 19.1 Å². The molecule has 32 heavy (non-hydrogen) atoms. The van der Waals surface area contributed by atoms with Crippen LogP contribution < -0.4 is 19.7 Å². The molecule has 2 heterocycles. The summed E-state index contributed by atoms with van der Waals surface area (Å²) in [6.07, 6.45) is 5.54. The van der Waals surface area contributed by atoms with Gasteiger partial charge in [-0.1, -0.05) is 18.9 Å². The van der Waals surface area contributed by atoms with Crippen LogP contribution in [-0.4, -0.2) is 32.1 Å². The van der Waals surface area contributed by atoms with Gasteiger partial charge in [0.2, 0.25) is 5.91 Å². The lowest BCUT2D eigenvalue weighted by molar-refractivity contribution is -0.123. The summed E-state index contributed by atoms with van der Waals surface area (Å²) >= 11 is 1.43. The molecule has 1 N–H and O–H groups in total. The molecule has 168 valence electrons. The molecule has 4 rings (SSSR count). The minimum atomic E-state index is -0.855. The van der Waals surface area contributed by atoms with Crippen LogP contribution in [0.2, 0.25) is 0 Å². The number of hydrogen-bond acceptors (Lipinski definition) is 6. The minimum Gasteiger partial charge on any atom is -0.493 e. The van der Waals surface area contributed by atoms with Crippen LogP contribution in [-0.2, 0) is 4.79 Å². The third-order valence-corrected chi connectivity index (χ3v) is 6.54. The zero-order chi connectivity index (χ0) is 22.5. The Morgan fingerprint density at radius 2 is 1.88 bits per heavy atom. The smallest absolute Gasteiger partial charge is 0.295 e. The van der Waals surface area contributed by atoms with Crippen molar-refractivity contribution in [1.29, 1.82) is 0 Å². The van der Waals surface area contributed by atoms with Crippen LogP contribution in [0.25, 0.3) is 0 Å². The number of carbonyl (C=O) groups is 2. The molecule has 1 fully saturated rings. The van der Waals surface area contributed by atoms with Crippen molar-refractivity contribution in [1.82, 2.24) is 5.32 Å². The van der Waals surface area contributed by atoms with Crippen LogP contribution in [0.3, 0.4) is 0 Å². The number of furan rings is 1. The van der Waals surface area contributed by atoms with E-state index in [0.717, 1.165) is 30.6 Å². The average Bonchev–Trinajstić information content (AvgIpc) is 3.60. The van der Waals surface area contributed by atoms with Gasteiger partial charge in [0.25, 0.3) is 5.91 Å². The first-order chi connectivity index (χ1) is 15.6. The molecule has 0 aliphatic heterocycles. The van der Waals surface area contributed by atoms with Crippen molar-refractivity contribution in [3.63, 3.8) is 0 Å². The summed E-state index contributed by atoms with van der Waals surface area (Å²) in [4.78, 5) is 29.4. The van der Waals surface area contributed by atoms with E-state index in [-0.39, 0.29) is 17.7 Å². The van der Waals surface area contributed by atoms with Gasteiger partial charge < -0.3 is 19.2 Å². The number of rotatable bonds is 8. The number of benzene rings is 1. The van der Waals surface area contributed by atoms with Crippen molar-refractivity contribution in [2.24, 2.45) is 0 Å². The van der Waals surface area contributed by atoms with Crippen molar-refractivity contribution in [2.45, 2.75) is 37.8 Å². The van der Waals surface area contributed by atoms with Gasteiger partial charge in [0.1, 0.15) is 0 Å². The third kappa shape index (κ3) is 4.50. The van der Waals surface area contributed by atoms with Crippen molar-refractivity contribution in [3.8, 4) is 11.5 Å². The fourth-order valence-corrected chi connectivity index (χ4v) is 4.86. The first-order valence-corrected chi connectivity index (χ1v) is 11.4. The second kappa shape index (κ2) is 9.91. The monoisotopic (exact) mass is 454 g/mol. The molecule has 0 bridgehead atoms. The lowest BCUT2D eigenvalue weighted by atomic mass is 10.1. The Bertz CT molecular complexity index is 1040. The summed E-state index contributed by atoms with van der Waals surface area (Å²) in [6, 6.07) is 11.4. The van der Waals surface area contributed by atoms with Gasteiger partial charge in [-0.3, -0.25) is 14.5 Å². The average molecular weight is 455 g/mol. The maximum absolute atomic E-state index is 13.6. The van der Waals surface area contributed by atoms with E-state index in [1.165, 1.54) is 29.6 Å². The number of thiophene rings is 1. The van der Waals surface area contributed by atoms with Crippen LogP contribution >= 0.6 is 11.3 Å². The predicted octanol–water partition coefficient (Wildman–Crippen LogP) is 4.81. The highest BCUT2D eigenvalue weighted by Crippen LogP contribution is 2.37. The summed E-state index contributed by atoms with van der Waals surface area (Å²) in [6.45, 7) is 0. The zero-order valence-electron chi connectivity index (χ0n) is 18.1. The van der Waals surface area contributed by atoms with E-state index in [0.29, 0.717) is 17.2 Å². The van der Waals surface area contributed by atoms with Gasteiger partial charge in [0.05, 0.1) is 20.5 Å². The fourth-order valence-electron chi connectivity index (χ4n) is 4.05. The Hall–Kier alpha value is -3.26. The first-order valence-electron chi connectivity index (χ1n) is 10.5. The molecule has 2 aromatic heterocycles. The summed E-state index contributed by atoms with van der Waals surface area (Å²) in [7, 11) is 3.08. The molecule has 8 heteroatoms. The number of nitrogens with one attached hydrogen (secondary N) is 1. The Balaban J connectivity index is 1.80. The molecule has 3 aromatic rings. The number of ether oxygens (including phenoxy) is 2. The standard InChI is InChI=1S/C24H26N2O5S/c1-29-18-12-11-17(15-20(18)30-2)26(24(28)19-9-5-13-31-19)22(21-10-6-14-32-21)23(27)25-16-7-3-4-8-16/h5-6,9-16,22H,3-4,7-8H2,1-2H3,(H,25,27)/t22-/m1/s1. The maximum atomic E-state index is 13.6. The van der Waals surface area contributed by atoms with Crippen molar-refractivity contribution < 1.29 is 23.5 Å². The van der Waals surface area contributed by atoms with Gasteiger partial charge >= 0.3 is 0 Å². The van der Waals surface area contributed by atoms with Gasteiger partial charge in [-0.05, 0) is 48.6 Å². The quantitative estimate of drug-likeness (QED) is 0.529. The second-order valence-electron chi connectivity index (χ2n) is 7.60. The summed E-state index contributed by atoms with van der Waals surface area (Å²) < 4.78 is 16.2. The molecule has 2 amide bonds. The van der Waals surface area contributed by atoms with Gasteiger partial charge in [-0.15, -0.1) is 11.3 Å². The second-order valence-corrected chi connectivity index (χ2v) is 8.58. The molecule has 0 unspecified atom stereocenters. The van der Waals surface area contributed by atoms with Gasteiger partial charge in [0.15, 0.2) is 23.3 Å². The molecule has 0 radical (unpaired) electrons. The molecular weight excluding hydrogens is 428 g/mol. The summed E-state index contributed by atoms with van der Waals surface area (Å²) in [5.74, 6) is 0.513. The van der Waals surface area contributed by atoms with Crippen molar-refractivity contribution in [3.05, 3.63) is 64.7 Å². The van der Waals surface area contributed by atoms with Gasteiger partial charge in [0, 0.05) is 22.7 Å². The third-order valence-electron chi connectivity index (χ3n) is 5.62. The number of hydrogen-bond donors (Lipinski definition) is 1. The molecule has 0 spiro atoms. The Morgan fingerprint density at radius 3 is 2.50 bits per heavy atom. The molecule has 1 aromatic carbocycles. The van der Waals surface area contributed by atoms with Gasteiger partial charge in [-0.25, -0.2) is 0 Å². The number of methoxy groups -OCH3 is 2. The van der Waals surface area contributed by atoms with Crippen LogP contribution in [0.15, 0.2) is 58.5 Å². The largest absolute Gasteiger partial charge is 0.493 e. The Kier molecular flexibility index (Phi) is 6.80. The van der Waals surface area contributed by atoms with E-state index in [1.807, 2.05) is 17.5 Å². The lowest BCUT2D eigenvalue weighted by Gasteiger charge is -2.31. The topological polar surface area (TPSA) is 81.0 Å². The number of amides is 2. The number of nitrogens with zero attached hydrogens (tertiary/aromatic N) is 1. The first kappa shape index (κ1) is 22.0. The van der Waals surface area contributed by atoms with E-state index in [4.69, 9.17) is 13.9 Å². The molecule has 1 aliphatic carbocycles. The normalized spacial score (nSPS) is 14.7. The highest BCUT2D eigenvalue weighted by Gasteiger charge is 2.36. The van der Waals surface area contributed by atoms with E-state index in [2.05, 4.69) is 5.32 Å². The maximum Gasteiger partial charge on any atom is 0.295 e. The van der Waals surface area contributed by atoms with Crippen LogP contribution in [0.1, 0.15) is 47.2 Å². The number of anilines is 1. The lowest BCUT2D eigenvalue weighted by Crippen LogP contribution is -2.46. The van der Waals surface area contributed by atoms with E-state index >= 15 is 0 Å². The Labute approximate surface area is 190 Å². The molecular formula is C24H26N2O5S. The molecule has 1 atom stereocenters. The SMILES string of the molecule is COc1ccc(N(C(=O)c2ccco2)[C@@H](C(=O)NC2CCCC2)c2cccs2)cc1OC. The molecule has 7 nitrogen and oxygen atoms in total. The van der Waals surface area contributed by atoms with E-state index < -0.39 is 11.9 Å².